The molecule has 7 nitrogen and oxygen atoms in total. The summed E-state index contributed by atoms with van der Waals surface area (Å²) >= 11 is 0. The first-order valence-corrected chi connectivity index (χ1v) is 10.1. The van der Waals surface area contributed by atoms with Gasteiger partial charge in [-0.2, -0.15) is 0 Å². The lowest BCUT2D eigenvalue weighted by Gasteiger charge is -2.33. The fourth-order valence-electron chi connectivity index (χ4n) is 4.02. The minimum Gasteiger partial charge on any atom is -0.465 e. The van der Waals surface area contributed by atoms with E-state index in [2.05, 4.69) is 26.6 Å². The lowest BCUT2D eigenvalue weighted by molar-refractivity contribution is -0.129. The molecule has 0 saturated carbocycles. The molecule has 1 aromatic heterocycles. The lowest BCUT2D eigenvalue weighted by atomic mass is 10.1. The Kier molecular flexibility index (Phi) is 6.77. The van der Waals surface area contributed by atoms with Gasteiger partial charge >= 0.3 is 0 Å². The van der Waals surface area contributed by atoms with Crippen molar-refractivity contribution in [1.82, 2.24) is 20.4 Å². The molecular formula is C20H33N5O2. The molecule has 2 N–H and O–H groups in total. The van der Waals surface area contributed by atoms with Crippen LogP contribution in [0.1, 0.15) is 50.2 Å². The molecule has 7 heteroatoms. The largest absolute Gasteiger partial charge is 0.465 e. The van der Waals surface area contributed by atoms with Gasteiger partial charge in [0.2, 0.25) is 5.91 Å². The van der Waals surface area contributed by atoms with Crippen LogP contribution in [0.3, 0.4) is 0 Å². The number of carbonyl (C=O) groups excluding carboxylic acids is 1. The Morgan fingerprint density at radius 1 is 1.26 bits per heavy atom. The Morgan fingerprint density at radius 2 is 1.96 bits per heavy atom. The number of rotatable bonds is 5. The molecule has 0 aromatic carbocycles. The fourth-order valence-corrected chi connectivity index (χ4v) is 4.02. The molecule has 0 radical (unpaired) electrons. The zero-order chi connectivity index (χ0) is 19.2. The first-order valence-electron chi connectivity index (χ1n) is 10.1. The van der Waals surface area contributed by atoms with E-state index < -0.39 is 0 Å². The quantitative estimate of drug-likeness (QED) is 0.607. The summed E-state index contributed by atoms with van der Waals surface area (Å²) < 4.78 is 5.93. The number of hydrogen-bond donors (Lipinski definition) is 2. The summed E-state index contributed by atoms with van der Waals surface area (Å²) in [5, 5.41) is 7.01. The Hall–Kier alpha value is -2.02. The number of amides is 1. The third-order valence-electron chi connectivity index (χ3n) is 5.64. The first-order chi connectivity index (χ1) is 13.1. The maximum atomic E-state index is 11.5. The molecule has 3 rings (SSSR count). The van der Waals surface area contributed by atoms with Gasteiger partial charge in [-0.3, -0.25) is 14.7 Å². The van der Waals surface area contributed by atoms with Gasteiger partial charge in [-0.25, -0.2) is 0 Å². The van der Waals surface area contributed by atoms with E-state index in [-0.39, 0.29) is 11.9 Å². The van der Waals surface area contributed by atoms with Crippen molar-refractivity contribution in [2.45, 2.75) is 51.6 Å². The average molecular weight is 376 g/mol. The van der Waals surface area contributed by atoms with Gasteiger partial charge in [0.1, 0.15) is 11.5 Å². The van der Waals surface area contributed by atoms with Gasteiger partial charge in [0.05, 0.1) is 6.04 Å². The van der Waals surface area contributed by atoms with E-state index in [1.807, 2.05) is 24.9 Å². The molecule has 2 aliphatic heterocycles. The van der Waals surface area contributed by atoms with E-state index in [4.69, 9.17) is 4.42 Å². The molecule has 1 aromatic rings. The summed E-state index contributed by atoms with van der Waals surface area (Å²) in [7, 11) is 1.81. The lowest BCUT2D eigenvalue weighted by Crippen LogP contribution is -2.50. The van der Waals surface area contributed by atoms with Crippen LogP contribution in [0.5, 0.6) is 0 Å². The second-order valence-electron chi connectivity index (χ2n) is 7.59. The number of likely N-dealkylation sites (tertiary alicyclic amines) is 2. The second-order valence-corrected chi connectivity index (χ2v) is 7.59. The average Bonchev–Trinajstić information content (AvgIpc) is 3.34. The van der Waals surface area contributed by atoms with E-state index in [0.29, 0.717) is 6.04 Å². The van der Waals surface area contributed by atoms with E-state index >= 15 is 0 Å². The van der Waals surface area contributed by atoms with Crippen LogP contribution in [0, 0.1) is 6.92 Å². The van der Waals surface area contributed by atoms with Crippen LogP contribution in [0.4, 0.5) is 0 Å². The highest BCUT2D eigenvalue weighted by Gasteiger charge is 2.27. The molecule has 0 spiro atoms. The van der Waals surface area contributed by atoms with Crippen LogP contribution in [-0.2, 0) is 4.79 Å². The van der Waals surface area contributed by atoms with Crippen molar-refractivity contribution in [3.05, 3.63) is 23.7 Å². The van der Waals surface area contributed by atoms with Crippen LogP contribution >= 0.6 is 0 Å². The summed E-state index contributed by atoms with van der Waals surface area (Å²) in [6.45, 7) is 8.25. The van der Waals surface area contributed by atoms with Crippen molar-refractivity contribution in [3.8, 4) is 0 Å². The number of carbonyl (C=O) groups is 1. The summed E-state index contributed by atoms with van der Waals surface area (Å²) in [5.74, 6) is 2.96. The van der Waals surface area contributed by atoms with Crippen LogP contribution in [0.2, 0.25) is 0 Å². The summed E-state index contributed by atoms with van der Waals surface area (Å²) in [6.07, 6.45) is 4.40. The molecule has 1 unspecified atom stereocenters. The van der Waals surface area contributed by atoms with E-state index in [1.165, 1.54) is 12.8 Å². The third kappa shape index (κ3) is 5.25. The molecule has 2 saturated heterocycles. The van der Waals surface area contributed by atoms with Crippen LogP contribution in [0.15, 0.2) is 21.5 Å². The minimum atomic E-state index is 0.165. The van der Waals surface area contributed by atoms with Gasteiger partial charge in [0.15, 0.2) is 5.96 Å². The molecule has 0 bridgehead atoms. The van der Waals surface area contributed by atoms with Gasteiger partial charge in [0.25, 0.3) is 0 Å². The maximum Gasteiger partial charge on any atom is 0.219 e. The topological polar surface area (TPSA) is 73.1 Å². The number of hydrogen-bond acceptors (Lipinski definition) is 4. The van der Waals surface area contributed by atoms with Crippen molar-refractivity contribution in [2.75, 3.05) is 39.8 Å². The molecule has 2 fully saturated rings. The summed E-state index contributed by atoms with van der Waals surface area (Å²) in [6, 6.07) is 4.70. The number of nitrogens with zero attached hydrogens (tertiary/aromatic N) is 3. The summed E-state index contributed by atoms with van der Waals surface area (Å²) in [5.41, 5.74) is 0. The van der Waals surface area contributed by atoms with Crippen LogP contribution < -0.4 is 10.6 Å². The predicted molar refractivity (Wildman–Crippen MR) is 107 cm³/mol. The van der Waals surface area contributed by atoms with Gasteiger partial charge in [-0.1, -0.05) is 0 Å². The zero-order valence-electron chi connectivity index (χ0n) is 16.8. The predicted octanol–water partition coefficient (Wildman–Crippen LogP) is 1.90. The smallest absolute Gasteiger partial charge is 0.219 e. The van der Waals surface area contributed by atoms with Gasteiger partial charge in [0, 0.05) is 39.6 Å². The number of furan rings is 1. The number of aliphatic imine (C=N–C) groups is 1. The zero-order valence-corrected chi connectivity index (χ0v) is 16.8. The standard InChI is InChI=1S/C20H33N5O2/c1-15-6-7-19(27-15)18(25-10-4-5-11-25)14-22-20(21-3)23-17-8-12-24(13-9-17)16(2)26/h6-7,17-18H,4-5,8-14H2,1-3H3,(H2,21,22,23). The molecule has 2 aliphatic rings. The molecule has 1 atom stereocenters. The Morgan fingerprint density at radius 3 is 2.52 bits per heavy atom. The van der Waals surface area contributed by atoms with Crippen LogP contribution in [-0.4, -0.2) is 67.5 Å². The molecular weight excluding hydrogens is 342 g/mol. The molecule has 0 aliphatic carbocycles. The highest BCUT2D eigenvalue weighted by atomic mass is 16.3. The third-order valence-corrected chi connectivity index (χ3v) is 5.64. The number of nitrogens with one attached hydrogen (secondary N) is 2. The summed E-state index contributed by atoms with van der Waals surface area (Å²) in [4.78, 5) is 20.3. The van der Waals surface area contributed by atoms with Crippen molar-refractivity contribution in [2.24, 2.45) is 4.99 Å². The maximum absolute atomic E-state index is 11.5. The van der Waals surface area contributed by atoms with E-state index in [0.717, 1.165) is 63.0 Å². The van der Waals surface area contributed by atoms with Crippen molar-refractivity contribution >= 4 is 11.9 Å². The first kappa shape index (κ1) is 19.7. The Labute approximate surface area is 162 Å². The SMILES string of the molecule is CN=C(NCC(c1ccc(C)o1)N1CCCC1)NC1CCN(C(C)=O)CC1. The second kappa shape index (κ2) is 9.26. The number of piperidine rings is 1. The van der Waals surface area contributed by atoms with Crippen molar-refractivity contribution in [1.29, 1.82) is 0 Å². The van der Waals surface area contributed by atoms with E-state index in [1.54, 1.807) is 6.92 Å². The molecule has 150 valence electrons. The number of guanidine groups is 1. The van der Waals surface area contributed by atoms with E-state index in [9.17, 15) is 4.79 Å². The van der Waals surface area contributed by atoms with Crippen molar-refractivity contribution < 1.29 is 9.21 Å². The van der Waals surface area contributed by atoms with Gasteiger partial charge < -0.3 is 20.0 Å². The molecule has 3 heterocycles. The highest BCUT2D eigenvalue weighted by Crippen LogP contribution is 2.26. The minimum absolute atomic E-state index is 0.165. The fraction of sp³-hybridized carbons (Fsp3) is 0.700. The Bertz CT molecular complexity index is 643. The highest BCUT2D eigenvalue weighted by molar-refractivity contribution is 5.80. The molecule has 1 amide bonds. The monoisotopic (exact) mass is 375 g/mol. The van der Waals surface area contributed by atoms with Gasteiger partial charge in [-0.05, 0) is 57.8 Å². The number of aryl methyl sites for hydroxylation is 1. The molecule has 27 heavy (non-hydrogen) atoms. The Balaban J connectivity index is 1.54. The van der Waals surface area contributed by atoms with Crippen LogP contribution in [0.25, 0.3) is 0 Å². The normalized spacial score (nSPS) is 20.7. The van der Waals surface area contributed by atoms with Gasteiger partial charge in [-0.15, -0.1) is 0 Å². The van der Waals surface area contributed by atoms with Crippen molar-refractivity contribution in [3.63, 3.8) is 0 Å².